The maximum atomic E-state index is 12.7. The molecule has 0 unspecified atom stereocenters. The summed E-state index contributed by atoms with van der Waals surface area (Å²) < 4.78 is 35.0. The molecule has 24 heavy (non-hydrogen) atoms. The van der Waals surface area contributed by atoms with Gasteiger partial charge in [-0.05, 0) is 36.4 Å². The van der Waals surface area contributed by atoms with Crippen LogP contribution in [0.25, 0.3) is 0 Å². The van der Waals surface area contributed by atoms with E-state index in [0.717, 1.165) is 13.3 Å². The van der Waals surface area contributed by atoms with E-state index in [1.807, 2.05) is 6.07 Å². The van der Waals surface area contributed by atoms with Crippen LogP contribution in [0, 0.1) is 0 Å². The van der Waals surface area contributed by atoms with Crippen LogP contribution in [0.3, 0.4) is 0 Å². The van der Waals surface area contributed by atoms with Crippen LogP contribution in [-0.2, 0) is 19.4 Å². The van der Waals surface area contributed by atoms with E-state index < -0.39 is 20.7 Å². The molecule has 0 saturated carbocycles. The average molecular weight is 347 g/mol. The average Bonchev–Trinajstić information content (AvgIpc) is 2.62. The Bertz CT molecular complexity index is 827. The summed E-state index contributed by atoms with van der Waals surface area (Å²) in [5.41, 5.74) is 0.642. The number of esters is 1. The van der Waals surface area contributed by atoms with Crippen molar-refractivity contribution in [1.29, 1.82) is 0 Å². The summed E-state index contributed by atoms with van der Waals surface area (Å²) >= 11 is 0. The van der Waals surface area contributed by atoms with Crippen LogP contribution >= 0.6 is 0 Å². The molecule has 0 saturated heterocycles. The van der Waals surface area contributed by atoms with Gasteiger partial charge in [-0.15, -0.1) is 0 Å². The van der Waals surface area contributed by atoms with E-state index >= 15 is 0 Å². The molecule has 0 aliphatic carbocycles. The molecule has 0 spiro atoms. The number of benzene rings is 2. The number of sulfone groups is 1. The van der Waals surface area contributed by atoms with Gasteiger partial charge in [0.05, 0.1) is 19.1 Å². The third-order valence-corrected chi connectivity index (χ3v) is 4.95. The van der Waals surface area contributed by atoms with Gasteiger partial charge in [0.25, 0.3) is 0 Å². The van der Waals surface area contributed by atoms with Crippen LogP contribution in [0.4, 0.5) is 5.69 Å². The van der Waals surface area contributed by atoms with Gasteiger partial charge in [0, 0.05) is 11.9 Å². The monoisotopic (exact) mass is 347 g/mol. The van der Waals surface area contributed by atoms with Crippen LogP contribution in [0.2, 0.25) is 0 Å². The molecule has 7 heteroatoms. The van der Waals surface area contributed by atoms with Crippen molar-refractivity contribution < 1.29 is 22.7 Å². The Labute approximate surface area is 140 Å². The minimum atomic E-state index is -4.04. The summed E-state index contributed by atoms with van der Waals surface area (Å²) in [6.07, 6.45) is 1.13. The Morgan fingerprint density at radius 3 is 2.17 bits per heavy atom. The first-order chi connectivity index (χ1) is 11.5. The van der Waals surface area contributed by atoms with E-state index in [1.54, 1.807) is 24.3 Å². The largest absolute Gasteiger partial charge is 0.497 e. The molecule has 126 valence electrons. The van der Waals surface area contributed by atoms with Gasteiger partial charge in [-0.25, -0.2) is 13.2 Å². The number of carbonyl (C=O) groups excluding carboxylic acids is 1. The molecule has 2 aromatic rings. The van der Waals surface area contributed by atoms with Crippen molar-refractivity contribution in [3.63, 3.8) is 0 Å². The number of carbonyl (C=O) groups is 1. The zero-order valence-corrected chi connectivity index (χ0v) is 14.0. The van der Waals surface area contributed by atoms with E-state index in [4.69, 9.17) is 4.74 Å². The first-order valence-electron chi connectivity index (χ1n) is 6.98. The molecule has 0 aliphatic rings. The maximum Gasteiger partial charge on any atom is 0.351 e. The van der Waals surface area contributed by atoms with Crippen molar-refractivity contribution >= 4 is 21.5 Å². The molecule has 0 atom stereocenters. The minimum absolute atomic E-state index is 0.0326. The van der Waals surface area contributed by atoms with Gasteiger partial charge < -0.3 is 14.8 Å². The van der Waals surface area contributed by atoms with Crippen molar-refractivity contribution in [3.8, 4) is 5.75 Å². The van der Waals surface area contributed by atoms with Crippen molar-refractivity contribution in [2.75, 3.05) is 19.5 Å². The predicted octanol–water partition coefficient (Wildman–Crippen LogP) is 2.60. The third kappa shape index (κ3) is 3.94. The van der Waals surface area contributed by atoms with E-state index in [9.17, 15) is 13.2 Å². The third-order valence-electron chi connectivity index (χ3n) is 3.19. The van der Waals surface area contributed by atoms with Crippen LogP contribution in [-0.4, -0.2) is 28.6 Å². The van der Waals surface area contributed by atoms with Crippen molar-refractivity contribution in [1.82, 2.24) is 0 Å². The molecular weight excluding hydrogens is 330 g/mol. The summed E-state index contributed by atoms with van der Waals surface area (Å²) in [6, 6.07) is 14.6. The summed E-state index contributed by atoms with van der Waals surface area (Å²) in [5, 5.41) is 2.79. The molecule has 1 N–H and O–H groups in total. The van der Waals surface area contributed by atoms with Crippen molar-refractivity contribution in [2.24, 2.45) is 0 Å². The number of anilines is 1. The standard InChI is InChI=1S/C17H17NO5S/c1-22-14-8-10-15(11-9-14)24(20,21)16(17(19)23-2)12-18-13-6-4-3-5-7-13/h3-12,18H,1-2H3/b16-12-. The lowest BCUT2D eigenvalue weighted by atomic mass is 10.3. The zero-order chi connectivity index (χ0) is 17.6. The maximum absolute atomic E-state index is 12.7. The van der Waals surface area contributed by atoms with Crippen LogP contribution in [0.5, 0.6) is 5.75 Å². The van der Waals surface area contributed by atoms with Gasteiger partial charge in [-0.1, -0.05) is 18.2 Å². The van der Waals surface area contributed by atoms with Crippen molar-refractivity contribution in [3.05, 3.63) is 65.7 Å². The van der Waals surface area contributed by atoms with Gasteiger partial charge in [0.2, 0.25) is 9.84 Å². The highest BCUT2D eigenvalue weighted by Gasteiger charge is 2.28. The van der Waals surface area contributed by atoms with E-state index in [2.05, 4.69) is 10.1 Å². The molecular formula is C17H17NO5S. The number of rotatable bonds is 6. The second kappa shape index (κ2) is 7.65. The molecule has 0 heterocycles. The molecule has 2 rings (SSSR count). The van der Waals surface area contributed by atoms with Crippen molar-refractivity contribution in [2.45, 2.75) is 4.90 Å². The fraction of sp³-hybridized carbons (Fsp3) is 0.118. The molecule has 2 aromatic carbocycles. The molecule has 6 nitrogen and oxygen atoms in total. The topological polar surface area (TPSA) is 81.7 Å². The predicted molar refractivity (Wildman–Crippen MR) is 90.3 cm³/mol. The Balaban J connectivity index is 2.40. The fourth-order valence-corrected chi connectivity index (χ4v) is 3.18. The molecule has 0 fully saturated rings. The van der Waals surface area contributed by atoms with E-state index in [1.165, 1.54) is 31.4 Å². The highest BCUT2D eigenvalue weighted by Crippen LogP contribution is 2.23. The highest BCUT2D eigenvalue weighted by atomic mass is 32.2. The van der Waals surface area contributed by atoms with Gasteiger partial charge in [-0.2, -0.15) is 0 Å². The number of para-hydroxylation sites is 1. The van der Waals surface area contributed by atoms with Crippen LogP contribution in [0.1, 0.15) is 0 Å². The second-order valence-electron chi connectivity index (χ2n) is 4.69. The second-order valence-corrected chi connectivity index (χ2v) is 6.61. The number of hydrogen-bond donors (Lipinski definition) is 1. The number of nitrogens with one attached hydrogen (secondary N) is 1. The minimum Gasteiger partial charge on any atom is -0.497 e. The van der Waals surface area contributed by atoms with Gasteiger partial charge in [0.15, 0.2) is 4.91 Å². The van der Waals surface area contributed by atoms with Crippen LogP contribution < -0.4 is 10.1 Å². The number of ether oxygens (including phenoxy) is 2. The van der Waals surface area contributed by atoms with Gasteiger partial charge in [-0.3, -0.25) is 0 Å². The fourth-order valence-electron chi connectivity index (χ4n) is 1.91. The molecule has 0 amide bonds. The Morgan fingerprint density at radius 1 is 1.00 bits per heavy atom. The number of hydrogen-bond acceptors (Lipinski definition) is 6. The Hall–Kier alpha value is -2.80. The summed E-state index contributed by atoms with van der Waals surface area (Å²) in [4.78, 5) is 11.4. The molecule has 0 aromatic heterocycles. The van der Waals surface area contributed by atoms with E-state index in [0.29, 0.717) is 11.4 Å². The first-order valence-corrected chi connectivity index (χ1v) is 8.46. The summed E-state index contributed by atoms with van der Waals surface area (Å²) in [6.45, 7) is 0. The van der Waals surface area contributed by atoms with Gasteiger partial charge >= 0.3 is 5.97 Å². The normalized spacial score (nSPS) is 11.7. The summed E-state index contributed by atoms with van der Waals surface area (Å²) in [5.74, 6) is -0.436. The van der Waals surface area contributed by atoms with Gasteiger partial charge in [0.1, 0.15) is 5.75 Å². The molecule has 0 bridgehead atoms. The lowest BCUT2D eigenvalue weighted by Gasteiger charge is -2.09. The quantitative estimate of drug-likeness (QED) is 0.639. The SMILES string of the molecule is COC(=O)/C(=C/Nc1ccccc1)S(=O)(=O)c1ccc(OC)cc1. The zero-order valence-electron chi connectivity index (χ0n) is 13.2. The molecule has 0 aliphatic heterocycles. The summed E-state index contributed by atoms with van der Waals surface area (Å²) in [7, 11) is -1.43. The highest BCUT2D eigenvalue weighted by molar-refractivity contribution is 7.96. The van der Waals surface area contributed by atoms with Crippen LogP contribution in [0.15, 0.2) is 70.6 Å². The first kappa shape index (κ1) is 17.6. The lowest BCUT2D eigenvalue weighted by molar-refractivity contribution is -0.135. The Morgan fingerprint density at radius 2 is 1.62 bits per heavy atom. The number of methoxy groups -OCH3 is 2. The van der Waals surface area contributed by atoms with E-state index in [-0.39, 0.29) is 4.90 Å². The Kier molecular flexibility index (Phi) is 5.59. The lowest BCUT2D eigenvalue weighted by Crippen LogP contribution is -2.17. The smallest absolute Gasteiger partial charge is 0.351 e. The molecule has 0 radical (unpaired) electrons.